The molecule has 0 N–H and O–H groups in total. The minimum atomic E-state index is 0.341. The quantitative estimate of drug-likeness (QED) is 0.679. The number of likely N-dealkylation sites (N-methyl/N-ethyl adjacent to an activating group) is 1. The van der Waals surface area contributed by atoms with E-state index >= 15 is 0 Å². The molecule has 0 aliphatic carbocycles. The van der Waals surface area contributed by atoms with Crippen LogP contribution in [0, 0.1) is 0 Å². The van der Waals surface area contributed by atoms with Crippen molar-refractivity contribution in [2.24, 2.45) is 0 Å². The van der Waals surface area contributed by atoms with Crippen LogP contribution in [0.15, 0.2) is 67.3 Å². The second kappa shape index (κ2) is 10.3. The third-order valence-electron chi connectivity index (χ3n) is 2.83. The molecule has 1 nitrogen and oxygen atoms in total. The maximum Gasteiger partial charge on any atom is 0.0382 e. The lowest BCUT2D eigenvalue weighted by atomic mass is 9.97. The molecule has 0 aliphatic rings. The van der Waals surface area contributed by atoms with Gasteiger partial charge in [-0.25, -0.2) is 0 Å². The SMILES string of the molecule is C=C/C=C(\C=C)C(Cc1ccccc1)N(C)C.CC. The van der Waals surface area contributed by atoms with Crippen molar-refractivity contribution in [1.29, 1.82) is 0 Å². The van der Waals surface area contributed by atoms with E-state index in [0.717, 1.165) is 6.42 Å². The van der Waals surface area contributed by atoms with Crippen molar-refractivity contribution in [2.75, 3.05) is 14.1 Å². The van der Waals surface area contributed by atoms with E-state index in [1.54, 1.807) is 0 Å². The predicted molar refractivity (Wildman–Crippen MR) is 87.4 cm³/mol. The molecule has 0 saturated carbocycles. The Morgan fingerprint density at radius 1 is 1.16 bits per heavy atom. The third kappa shape index (κ3) is 6.21. The Morgan fingerprint density at radius 2 is 1.74 bits per heavy atom. The summed E-state index contributed by atoms with van der Waals surface area (Å²) >= 11 is 0. The molecule has 0 aromatic heterocycles. The van der Waals surface area contributed by atoms with E-state index in [4.69, 9.17) is 0 Å². The van der Waals surface area contributed by atoms with Gasteiger partial charge in [0, 0.05) is 6.04 Å². The first-order valence-corrected chi connectivity index (χ1v) is 6.84. The van der Waals surface area contributed by atoms with Gasteiger partial charge in [-0.15, -0.1) is 0 Å². The highest BCUT2D eigenvalue weighted by atomic mass is 15.1. The Balaban J connectivity index is 0.00000154. The molecule has 0 bridgehead atoms. The van der Waals surface area contributed by atoms with Gasteiger partial charge in [0.15, 0.2) is 0 Å². The molecule has 19 heavy (non-hydrogen) atoms. The smallest absolute Gasteiger partial charge is 0.0382 e. The van der Waals surface area contributed by atoms with Crippen molar-refractivity contribution in [3.8, 4) is 0 Å². The summed E-state index contributed by atoms with van der Waals surface area (Å²) in [6.45, 7) is 11.6. The first-order chi connectivity index (χ1) is 9.19. The van der Waals surface area contributed by atoms with Gasteiger partial charge in [-0.2, -0.15) is 0 Å². The van der Waals surface area contributed by atoms with Crippen LogP contribution in [0.25, 0.3) is 0 Å². The number of nitrogens with zero attached hydrogens (tertiary/aromatic N) is 1. The zero-order valence-electron chi connectivity index (χ0n) is 12.8. The van der Waals surface area contributed by atoms with E-state index in [9.17, 15) is 0 Å². The lowest BCUT2D eigenvalue weighted by Crippen LogP contribution is -2.31. The molecule has 1 unspecified atom stereocenters. The standard InChI is InChI=1S/C16H21N.C2H6/c1-5-10-15(6-2)16(17(3)4)13-14-11-8-7-9-12-14;1-2/h5-12,16H,1-2,13H2,3-4H3;1-2H3/b15-10+;. The number of allylic oxidation sites excluding steroid dienone is 2. The van der Waals surface area contributed by atoms with E-state index < -0.39 is 0 Å². The van der Waals surface area contributed by atoms with E-state index in [-0.39, 0.29) is 0 Å². The largest absolute Gasteiger partial charge is 0.302 e. The summed E-state index contributed by atoms with van der Waals surface area (Å²) in [5, 5.41) is 0. The van der Waals surface area contributed by atoms with Crippen LogP contribution in [0.1, 0.15) is 19.4 Å². The molecule has 0 spiro atoms. The van der Waals surface area contributed by atoms with Gasteiger partial charge in [-0.1, -0.05) is 75.6 Å². The summed E-state index contributed by atoms with van der Waals surface area (Å²) < 4.78 is 0. The van der Waals surface area contributed by atoms with Crippen LogP contribution in [0.2, 0.25) is 0 Å². The Bertz CT molecular complexity index is 387. The van der Waals surface area contributed by atoms with Gasteiger partial charge >= 0.3 is 0 Å². The molecular formula is C18H27N. The van der Waals surface area contributed by atoms with Gasteiger partial charge in [-0.3, -0.25) is 0 Å². The van der Waals surface area contributed by atoms with Crippen molar-refractivity contribution in [3.05, 3.63) is 72.9 Å². The van der Waals surface area contributed by atoms with Gasteiger partial charge < -0.3 is 4.90 Å². The van der Waals surface area contributed by atoms with Crippen LogP contribution < -0.4 is 0 Å². The molecule has 1 heteroatoms. The Kier molecular flexibility index (Phi) is 9.46. The molecular weight excluding hydrogens is 230 g/mol. The van der Waals surface area contributed by atoms with Gasteiger partial charge in [0.2, 0.25) is 0 Å². The summed E-state index contributed by atoms with van der Waals surface area (Å²) in [5.74, 6) is 0. The highest BCUT2D eigenvalue weighted by Gasteiger charge is 2.14. The predicted octanol–water partition coefficient (Wildman–Crippen LogP) is 4.48. The normalized spacial score (nSPS) is 12.4. The van der Waals surface area contributed by atoms with Crippen LogP contribution >= 0.6 is 0 Å². The molecule has 1 rings (SSSR count). The van der Waals surface area contributed by atoms with Crippen LogP contribution in [-0.2, 0) is 6.42 Å². The van der Waals surface area contributed by atoms with Crippen molar-refractivity contribution in [3.63, 3.8) is 0 Å². The van der Waals surface area contributed by atoms with Crippen molar-refractivity contribution < 1.29 is 0 Å². The van der Waals surface area contributed by atoms with Crippen molar-refractivity contribution in [1.82, 2.24) is 4.90 Å². The molecule has 104 valence electrons. The summed E-state index contributed by atoms with van der Waals surface area (Å²) in [6, 6.07) is 10.9. The average Bonchev–Trinajstić information content (AvgIpc) is 2.45. The first-order valence-electron chi connectivity index (χ1n) is 6.84. The van der Waals surface area contributed by atoms with Crippen LogP contribution in [-0.4, -0.2) is 25.0 Å². The monoisotopic (exact) mass is 257 g/mol. The van der Waals surface area contributed by atoms with Crippen LogP contribution in [0.4, 0.5) is 0 Å². The number of rotatable bonds is 6. The molecule has 0 radical (unpaired) electrons. The maximum atomic E-state index is 3.88. The fourth-order valence-corrected chi connectivity index (χ4v) is 1.89. The molecule has 1 aromatic rings. The summed E-state index contributed by atoms with van der Waals surface area (Å²) in [5.41, 5.74) is 2.54. The lowest BCUT2D eigenvalue weighted by Gasteiger charge is -2.25. The average molecular weight is 257 g/mol. The lowest BCUT2D eigenvalue weighted by molar-refractivity contribution is 0.332. The molecule has 1 atom stereocenters. The Morgan fingerprint density at radius 3 is 2.16 bits per heavy atom. The van der Waals surface area contributed by atoms with E-state index in [1.807, 2.05) is 38.1 Å². The van der Waals surface area contributed by atoms with Gasteiger partial charge in [-0.05, 0) is 31.7 Å². The van der Waals surface area contributed by atoms with Crippen LogP contribution in [0.5, 0.6) is 0 Å². The molecule has 0 saturated heterocycles. The van der Waals surface area contributed by atoms with Crippen molar-refractivity contribution in [2.45, 2.75) is 26.3 Å². The summed E-state index contributed by atoms with van der Waals surface area (Å²) in [4.78, 5) is 2.21. The van der Waals surface area contributed by atoms with Crippen molar-refractivity contribution >= 4 is 0 Å². The first kappa shape index (κ1) is 17.4. The summed E-state index contributed by atoms with van der Waals surface area (Å²) in [6.07, 6.45) is 6.74. The summed E-state index contributed by atoms with van der Waals surface area (Å²) in [7, 11) is 4.18. The zero-order valence-corrected chi connectivity index (χ0v) is 12.8. The minimum absolute atomic E-state index is 0.341. The number of hydrogen-bond donors (Lipinski definition) is 0. The Labute approximate surface area is 119 Å². The molecule has 1 aromatic carbocycles. The van der Waals surface area contributed by atoms with E-state index in [1.165, 1.54) is 11.1 Å². The number of hydrogen-bond acceptors (Lipinski definition) is 1. The fraction of sp³-hybridized carbons (Fsp3) is 0.333. The topological polar surface area (TPSA) is 3.24 Å². The van der Waals surface area contributed by atoms with E-state index in [2.05, 4.69) is 56.4 Å². The van der Waals surface area contributed by atoms with E-state index in [0.29, 0.717) is 6.04 Å². The molecule has 0 fully saturated rings. The zero-order chi connectivity index (χ0) is 14.7. The van der Waals surface area contributed by atoms with Crippen LogP contribution in [0.3, 0.4) is 0 Å². The Hall–Kier alpha value is -1.60. The second-order valence-electron chi connectivity index (χ2n) is 4.28. The molecule has 0 amide bonds. The number of benzene rings is 1. The third-order valence-corrected chi connectivity index (χ3v) is 2.83. The van der Waals surface area contributed by atoms with Gasteiger partial charge in [0.1, 0.15) is 0 Å². The second-order valence-corrected chi connectivity index (χ2v) is 4.28. The van der Waals surface area contributed by atoms with Gasteiger partial charge in [0.25, 0.3) is 0 Å². The van der Waals surface area contributed by atoms with Gasteiger partial charge in [0.05, 0.1) is 0 Å². The maximum absolute atomic E-state index is 3.88. The molecule has 0 aliphatic heterocycles. The molecule has 0 heterocycles. The highest BCUT2D eigenvalue weighted by molar-refractivity contribution is 5.29. The highest BCUT2D eigenvalue weighted by Crippen LogP contribution is 2.15. The minimum Gasteiger partial charge on any atom is -0.302 e. The fourth-order valence-electron chi connectivity index (χ4n) is 1.89.